The Balaban J connectivity index is 3.32. The molecule has 21 heavy (non-hydrogen) atoms. The first kappa shape index (κ1) is 19.8. The lowest BCUT2D eigenvalue weighted by Crippen LogP contribution is -2.19. The van der Waals surface area contributed by atoms with E-state index in [1.807, 2.05) is 6.92 Å². The van der Waals surface area contributed by atoms with Crippen LogP contribution in [0.1, 0.15) is 65.7 Å². The predicted molar refractivity (Wildman–Crippen MR) is 84.2 cm³/mol. The molecule has 0 spiro atoms. The van der Waals surface area contributed by atoms with E-state index in [2.05, 4.69) is 6.58 Å². The molecule has 0 aliphatic carbocycles. The first-order valence-electron chi connectivity index (χ1n) is 7.87. The van der Waals surface area contributed by atoms with E-state index in [1.165, 1.54) is 12.8 Å². The van der Waals surface area contributed by atoms with E-state index in [4.69, 9.17) is 9.47 Å². The van der Waals surface area contributed by atoms with Crippen molar-refractivity contribution in [2.45, 2.75) is 71.8 Å². The fourth-order valence-electron chi connectivity index (χ4n) is 1.83. The van der Waals surface area contributed by atoms with Crippen LogP contribution in [0.15, 0.2) is 12.2 Å². The monoisotopic (exact) mass is 298 g/mol. The summed E-state index contributed by atoms with van der Waals surface area (Å²) >= 11 is 0. The summed E-state index contributed by atoms with van der Waals surface area (Å²) in [5.74, 6) is -0.0826. The molecular formula is C17H30O4. The Morgan fingerprint density at radius 1 is 1.00 bits per heavy atom. The van der Waals surface area contributed by atoms with Crippen LogP contribution in [0.25, 0.3) is 0 Å². The van der Waals surface area contributed by atoms with Gasteiger partial charge in [0.2, 0.25) is 0 Å². The summed E-state index contributed by atoms with van der Waals surface area (Å²) < 4.78 is 10.6. The molecule has 0 N–H and O–H groups in total. The lowest BCUT2D eigenvalue weighted by atomic mass is 10.1. The zero-order chi connectivity index (χ0) is 16.1. The fraction of sp³-hybridized carbons (Fsp3) is 0.765. The fourth-order valence-corrected chi connectivity index (χ4v) is 1.83. The second-order valence-electron chi connectivity index (χ2n) is 5.63. The van der Waals surface area contributed by atoms with Crippen molar-refractivity contribution in [1.82, 2.24) is 0 Å². The molecule has 0 bridgehead atoms. The maximum Gasteiger partial charge on any atom is 0.333 e. The number of carbonyl (C=O) groups excluding carboxylic acids is 2. The van der Waals surface area contributed by atoms with E-state index >= 15 is 0 Å². The maximum absolute atomic E-state index is 11.2. The Bertz CT molecular complexity index is 323. The lowest BCUT2D eigenvalue weighted by Gasteiger charge is -2.13. The van der Waals surface area contributed by atoms with Crippen LogP contribution < -0.4 is 0 Å². The van der Waals surface area contributed by atoms with Gasteiger partial charge in [-0.25, -0.2) is 4.79 Å². The van der Waals surface area contributed by atoms with Crippen molar-refractivity contribution in [3.05, 3.63) is 12.2 Å². The van der Waals surface area contributed by atoms with E-state index in [9.17, 15) is 9.59 Å². The average Bonchev–Trinajstić information content (AvgIpc) is 2.42. The third kappa shape index (κ3) is 13.6. The minimum Gasteiger partial charge on any atom is -0.460 e. The lowest BCUT2D eigenvalue weighted by molar-refractivity contribution is -0.142. The number of unbranched alkanes of at least 4 members (excludes halogenated alkanes) is 5. The number of Topliss-reactive ketones (excluding diaryl/α,β-unsaturated/α-hetero) is 1. The highest BCUT2D eigenvalue weighted by Gasteiger charge is 2.07. The molecule has 4 heteroatoms. The molecule has 0 aromatic heterocycles. The Morgan fingerprint density at radius 3 is 2.14 bits per heavy atom. The van der Waals surface area contributed by atoms with Gasteiger partial charge in [0, 0.05) is 18.6 Å². The van der Waals surface area contributed by atoms with Crippen molar-refractivity contribution in [3.8, 4) is 0 Å². The third-order valence-corrected chi connectivity index (χ3v) is 3.12. The third-order valence-electron chi connectivity index (χ3n) is 3.12. The van der Waals surface area contributed by atoms with Crippen LogP contribution in [0, 0.1) is 0 Å². The summed E-state index contributed by atoms with van der Waals surface area (Å²) in [6, 6.07) is 0. The molecule has 0 fully saturated rings. The van der Waals surface area contributed by atoms with Crippen molar-refractivity contribution in [1.29, 1.82) is 0 Å². The summed E-state index contributed by atoms with van der Waals surface area (Å²) in [5.41, 5.74) is 0.409. The highest BCUT2D eigenvalue weighted by molar-refractivity contribution is 5.86. The number of carbonyl (C=O) groups is 2. The Morgan fingerprint density at radius 2 is 1.57 bits per heavy atom. The molecular weight excluding hydrogens is 268 g/mol. The number of rotatable bonds is 13. The zero-order valence-corrected chi connectivity index (χ0v) is 13.8. The van der Waals surface area contributed by atoms with E-state index in [0.717, 1.165) is 25.7 Å². The van der Waals surface area contributed by atoms with Crippen molar-refractivity contribution < 1.29 is 19.1 Å². The Kier molecular flexibility index (Phi) is 11.9. The van der Waals surface area contributed by atoms with Crippen molar-refractivity contribution in [2.75, 3.05) is 13.2 Å². The summed E-state index contributed by atoms with van der Waals surface area (Å²) in [6.45, 7) is 9.66. The van der Waals surface area contributed by atoms with Crippen LogP contribution in [0.5, 0.6) is 0 Å². The predicted octanol–water partition coefficient (Wildman–Crippen LogP) is 3.83. The first-order chi connectivity index (χ1) is 9.93. The van der Waals surface area contributed by atoms with E-state index in [-0.39, 0.29) is 24.5 Å². The van der Waals surface area contributed by atoms with Gasteiger partial charge in [-0.15, -0.1) is 0 Å². The second-order valence-corrected chi connectivity index (χ2v) is 5.63. The SMILES string of the molecule is C=C(C)C(=O)OCC(C)OCCCCCCCCC(C)=O. The molecule has 0 saturated carbocycles. The molecule has 4 nitrogen and oxygen atoms in total. The quantitative estimate of drug-likeness (QED) is 0.294. The number of ether oxygens (including phenoxy) is 2. The summed E-state index contributed by atoms with van der Waals surface area (Å²) in [6.07, 6.45) is 7.29. The molecule has 0 saturated heterocycles. The van der Waals surface area contributed by atoms with Gasteiger partial charge < -0.3 is 14.3 Å². The number of ketones is 1. The highest BCUT2D eigenvalue weighted by atomic mass is 16.6. The number of hydrogen-bond donors (Lipinski definition) is 0. The second kappa shape index (κ2) is 12.6. The van der Waals surface area contributed by atoms with Crippen LogP contribution in [0.2, 0.25) is 0 Å². The first-order valence-corrected chi connectivity index (χ1v) is 7.87. The molecule has 0 aliphatic rings. The molecule has 0 aliphatic heterocycles. The molecule has 0 aromatic rings. The largest absolute Gasteiger partial charge is 0.460 e. The van der Waals surface area contributed by atoms with Crippen LogP contribution in [0.4, 0.5) is 0 Å². The highest BCUT2D eigenvalue weighted by Crippen LogP contribution is 2.08. The van der Waals surface area contributed by atoms with E-state index in [1.54, 1.807) is 13.8 Å². The molecule has 0 radical (unpaired) electrons. The molecule has 1 unspecified atom stereocenters. The van der Waals surface area contributed by atoms with Gasteiger partial charge in [-0.3, -0.25) is 0 Å². The maximum atomic E-state index is 11.2. The average molecular weight is 298 g/mol. The zero-order valence-electron chi connectivity index (χ0n) is 13.8. The van der Waals surface area contributed by atoms with Gasteiger partial charge in [-0.05, 0) is 33.6 Å². The minimum absolute atomic E-state index is 0.0798. The number of esters is 1. The van der Waals surface area contributed by atoms with Crippen LogP contribution in [-0.4, -0.2) is 31.1 Å². The molecule has 0 amide bonds. The van der Waals surface area contributed by atoms with Gasteiger partial charge in [0.1, 0.15) is 12.4 Å². The molecule has 0 heterocycles. The molecule has 1 atom stereocenters. The Hall–Kier alpha value is -1.16. The van der Waals surface area contributed by atoms with Crippen LogP contribution in [-0.2, 0) is 19.1 Å². The van der Waals surface area contributed by atoms with Gasteiger partial charge in [0.05, 0.1) is 6.10 Å². The van der Waals surface area contributed by atoms with E-state index < -0.39 is 0 Å². The topological polar surface area (TPSA) is 52.6 Å². The van der Waals surface area contributed by atoms with Gasteiger partial charge in [-0.2, -0.15) is 0 Å². The Labute approximate surface area is 128 Å². The molecule has 0 rings (SSSR count). The minimum atomic E-state index is -0.365. The summed E-state index contributed by atoms with van der Waals surface area (Å²) in [5, 5.41) is 0. The normalized spacial score (nSPS) is 12.0. The number of hydrogen-bond acceptors (Lipinski definition) is 4. The van der Waals surface area contributed by atoms with Gasteiger partial charge in [0.15, 0.2) is 0 Å². The van der Waals surface area contributed by atoms with Gasteiger partial charge >= 0.3 is 5.97 Å². The smallest absolute Gasteiger partial charge is 0.333 e. The summed E-state index contributed by atoms with van der Waals surface area (Å²) in [7, 11) is 0. The van der Waals surface area contributed by atoms with Crippen molar-refractivity contribution in [2.24, 2.45) is 0 Å². The van der Waals surface area contributed by atoms with Crippen LogP contribution >= 0.6 is 0 Å². The van der Waals surface area contributed by atoms with Gasteiger partial charge in [-0.1, -0.05) is 32.3 Å². The molecule has 122 valence electrons. The standard InChI is InChI=1S/C17H30O4/c1-14(2)17(19)21-13-16(4)20-12-10-8-6-5-7-9-11-15(3)18/h16H,1,5-13H2,2-4H3. The van der Waals surface area contributed by atoms with Crippen LogP contribution in [0.3, 0.4) is 0 Å². The van der Waals surface area contributed by atoms with E-state index in [0.29, 0.717) is 18.6 Å². The van der Waals surface area contributed by atoms with Crippen molar-refractivity contribution in [3.63, 3.8) is 0 Å². The summed E-state index contributed by atoms with van der Waals surface area (Å²) in [4.78, 5) is 22.0. The van der Waals surface area contributed by atoms with Gasteiger partial charge in [0.25, 0.3) is 0 Å². The molecule has 0 aromatic carbocycles. The van der Waals surface area contributed by atoms with Crippen molar-refractivity contribution >= 4 is 11.8 Å².